The minimum atomic E-state index is -0.854. The first-order valence-corrected chi connectivity index (χ1v) is 8.93. The highest BCUT2D eigenvalue weighted by molar-refractivity contribution is 5.94. The molecule has 2 atom stereocenters. The van der Waals surface area contributed by atoms with Crippen molar-refractivity contribution in [3.05, 3.63) is 62.4 Å². The molecule has 1 aromatic heterocycles. The van der Waals surface area contributed by atoms with Gasteiger partial charge >= 0.3 is 5.69 Å². The number of hydrogen-bond acceptors (Lipinski definition) is 4. The van der Waals surface area contributed by atoms with E-state index in [0.29, 0.717) is 5.92 Å². The fourth-order valence-electron chi connectivity index (χ4n) is 3.62. The van der Waals surface area contributed by atoms with E-state index in [-0.39, 0.29) is 18.3 Å². The molecule has 7 nitrogen and oxygen atoms in total. The number of benzene rings is 1. The number of nitrogens with one attached hydrogen (secondary N) is 2. The van der Waals surface area contributed by atoms with E-state index in [9.17, 15) is 19.5 Å². The van der Waals surface area contributed by atoms with Gasteiger partial charge in [-0.3, -0.25) is 19.1 Å². The lowest BCUT2D eigenvalue weighted by molar-refractivity contribution is 0.0915. The first kappa shape index (κ1) is 18.0. The standard InChI is InChI=1S/C19H23N3O4/c1-2-22-18(25)16(23)15(21-19(22)26)17(24)20-14-10-6-9-13(11-14)12-7-4-3-5-8-12/h3-5,7-8,13-14,23H,2,6,9-11H2,1H3,(H,20,24)(H,21,26). The van der Waals surface area contributed by atoms with Crippen LogP contribution in [0.1, 0.15) is 54.6 Å². The van der Waals surface area contributed by atoms with Crippen molar-refractivity contribution in [2.75, 3.05) is 0 Å². The second-order valence-electron chi connectivity index (χ2n) is 6.65. The van der Waals surface area contributed by atoms with Crippen LogP contribution in [-0.4, -0.2) is 26.6 Å². The molecule has 1 aliphatic rings. The lowest BCUT2D eigenvalue weighted by atomic mass is 9.81. The Hall–Kier alpha value is -2.83. The number of rotatable bonds is 4. The summed E-state index contributed by atoms with van der Waals surface area (Å²) in [5, 5.41) is 12.8. The predicted octanol–water partition coefficient (Wildman–Crippen LogP) is 1.72. The number of aromatic nitrogens is 2. The van der Waals surface area contributed by atoms with Gasteiger partial charge in [0, 0.05) is 12.6 Å². The van der Waals surface area contributed by atoms with Crippen molar-refractivity contribution in [3.63, 3.8) is 0 Å². The Morgan fingerprint density at radius 3 is 2.69 bits per heavy atom. The highest BCUT2D eigenvalue weighted by Crippen LogP contribution is 2.32. The van der Waals surface area contributed by atoms with Crippen molar-refractivity contribution in [1.29, 1.82) is 0 Å². The van der Waals surface area contributed by atoms with Crippen LogP contribution >= 0.6 is 0 Å². The molecule has 2 unspecified atom stereocenters. The third-order valence-corrected chi connectivity index (χ3v) is 4.99. The van der Waals surface area contributed by atoms with E-state index >= 15 is 0 Å². The Morgan fingerprint density at radius 2 is 2.00 bits per heavy atom. The van der Waals surface area contributed by atoms with Crippen LogP contribution in [0.5, 0.6) is 5.75 Å². The number of carbonyl (C=O) groups excluding carboxylic acids is 1. The summed E-state index contributed by atoms with van der Waals surface area (Å²) in [6, 6.07) is 10.1. The van der Waals surface area contributed by atoms with Crippen molar-refractivity contribution >= 4 is 5.91 Å². The molecule has 0 saturated heterocycles. The average molecular weight is 357 g/mol. The number of amides is 1. The predicted molar refractivity (Wildman–Crippen MR) is 97.6 cm³/mol. The topological polar surface area (TPSA) is 104 Å². The molecule has 0 spiro atoms. The van der Waals surface area contributed by atoms with E-state index in [4.69, 9.17) is 0 Å². The minimum Gasteiger partial charge on any atom is -0.501 e. The monoisotopic (exact) mass is 357 g/mol. The largest absolute Gasteiger partial charge is 0.501 e. The van der Waals surface area contributed by atoms with E-state index in [1.54, 1.807) is 6.92 Å². The lowest BCUT2D eigenvalue weighted by Gasteiger charge is -2.30. The molecule has 0 aliphatic heterocycles. The zero-order valence-electron chi connectivity index (χ0n) is 14.7. The number of hydrogen-bond donors (Lipinski definition) is 3. The van der Waals surface area contributed by atoms with Gasteiger partial charge in [0.05, 0.1) is 0 Å². The van der Waals surface area contributed by atoms with E-state index in [1.165, 1.54) is 5.56 Å². The highest BCUT2D eigenvalue weighted by Gasteiger charge is 2.26. The van der Waals surface area contributed by atoms with Gasteiger partial charge in [0.2, 0.25) is 5.75 Å². The van der Waals surface area contributed by atoms with Crippen LogP contribution in [0.3, 0.4) is 0 Å². The Kier molecular flexibility index (Phi) is 5.25. The van der Waals surface area contributed by atoms with Crippen LogP contribution in [0.4, 0.5) is 0 Å². The van der Waals surface area contributed by atoms with E-state index in [0.717, 1.165) is 30.3 Å². The molecule has 1 saturated carbocycles. The maximum atomic E-state index is 12.5. The zero-order chi connectivity index (χ0) is 18.7. The fourth-order valence-corrected chi connectivity index (χ4v) is 3.62. The summed E-state index contributed by atoms with van der Waals surface area (Å²) < 4.78 is 0.845. The van der Waals surface area contributed by atoms with Crippen LogP contribution in [0.15, 0.2) is 39.9 Å². The van der Waals surface area contributed by atoms with E-state index in [2.05, 4.69) is 22.4 Å². The number of aromatic hydroxyl groups is 1. The van der Waals surface area contributed by atoms with Crippen LogP contribution in [0, 0.1) is 0 Å². The first-order valence-electron chi connectivity index (χ1n) is 8.93. The van der Waals surface area contributed by atoms with Crippen LogP contribution in [-0.2, 0) is 6.54 Å². The summed E-state index contributed by atoms with van der Waals surface area (Å²) in [5.74, 6) is -0.992. The number of carbonyl (C=O) groups is 1. The van der Waals surface area contributed by atoms with Crippen molar-refractivity contribution in [2.24, 2.45) is 0 Å². The Morgan fingerprint density at radius 1 is 1.27 bits per heavy atom. The average Bonchev–Trinajstić information content (AvgIpc) is 2.66. The third kappa shape index (κ3) is 3.56. The molecule has 1 amide bonds. The highest BCUT2D eigenvalue weighted by atomic mass is 16.3. The zero-order valence-corrected chi connectivity index (χ0v) is 14.7. The molecule has 0 bridgehead atoms. The summed E-state index contributed by atoms with van der Waals surface area (Å²) in [6.07, 6.45) is 3.65. The maximum Gasteiger partial charge on any atom is 0.329 e. The van der Waals surface area contributed by atoms with Gasteiger partial charge in [-0.15, -0.1) is 0 Å². The lowest BCUT2D eigenvalue weighted by Crippen LogP contribution is -2.42. The smallest absolute Gasteiger partial charge is 0.329 e. The van der Waals surface area contributed by atoms with Gasteiger partial charge < -0.3 is 10.4 Å². The third-order valence-electron chi connectivity index (χ3n) is 4.99. The molecule has 1 fully saturated rings. The second kappa shape index (κ2) is 7.59. The fraction of sp³-hybridized carbons (Fsp3) is 0.421. The molecule has 1 heterocycles. The molecule has 7 heteroatoms. The SMILES string of the molecule is CCn1c(=O)[nH]c(C(=O)NC2CCCC(c3ccccc3)C2)c(O)c1=O. The van der Waals surface area contributed by atoms with Crippen LogP contribution < -0.4 is 16.6 Å². The summed E-state index contributed by atoms with van der Waals surface area (Å²) in [7, 11) is 0. The molecule has 0 radical (unpaired) electrons. The Balaban J connectivity index is 1.76. The number of nitrogens with zero attached hydrogens (tertiary/aromatic N) is 1. The van der Waals surface area contributed by atoms with Gasteiger partial charge in [0.15, 0.2) is 5.69 Å². The summed E-state index contributed by atoms with van der Waals surface area (Å²) in [6.45, 7) is 1.73. The molecule has 138 valence electrons. The first-order chi connectivity index (χ1) is 12.5. The molecular weight excluding hydrogens is 334 g/mol. The van der Waals surface area contributed by atoms with E-state index in [1.807, 2.05) is 18.2 Å². The normalized spacial score (nSPS) is 19.9. The molecule has 1 aromatic carbocycles. The number of aromatic amines is 1. The molecule has 2 aromatic rings. The number of H-pyrrole nitrogens is 1. The van der Waals surface area contributed by atoms with Gasteiger partial charge in [-0.2, -0.15) is 0 Å². The summed E-state index contributed by atoms with van der Waals surface area (Å²) in [5.41, 5.74) is -0.682. The molecule has 26 heavy (non-hydrogen) atoms. The van der Waals surface area contributed by atoms with Gasteiger partial charge in [-0.1, -0.05) is 36.8 Å². The van der Waals surface area contributed by atoms with Crippen molar-refractivity contribution in [2.45, 2.75) is 51.1 Å². The van der Waals surface area contributed by atoms with E-state index < -0.39 is 22.9 Å². The summed E-state index contributed by atoms with van der Waals surface area (Å²) >= 11 is 0. The van der Waals surface area contributed by atoms with Gasteiger partial charge in [0.25, 0.3) is 11.5 Å². The van der Waals surface area contributed by atoms with Crippen molar-refractivity contribution in [1.82, 2.24) is 14.9 Å². The van der Waals surface area contributed by atoms with Gasteiger partial charge in [-0.25, -0.2) is 4.79 Å². The molecular formula is C19H23N3O4. The molecule has 3 rings (SSSR count). The maximum absolute atomic E-state index is 12.5. The van der Waals surface area contributed by atoms with Crippen molar-refractivity contribution < 1.29 is 9.90 Å². The second-order valence-corrected chi connectivity index (χ2v) is 6.65. The van der Waals surface area contributed by atoms with Crippen LogP contribution in [0.25, 0.3) is 0 Å². The van der Waals surface area contributed by atoms with Crippen molar-refractivity contribution in [3.8, 4) is 5.75 Å². The summed E-state index contributed by atoms with van der Waals surface area (Å²) in [4.78, 5) is 38.7. The Labute approximate surface area is 150 Å². The van der Waals surface area contributed by atoms with Gasteiger partial charge in [-0.05, 0) is 37.7 Å². The van der Waals surface area contributed by atoms with Crippen LogP contribution in [0.2, 0.25) is 0 Å². The van der Waals surface area contributed by atoms with Gasteiger partial charge in [0.1, 0.15) is 0 Å². The molecule has 1 aliphatic carbocycles. The minimum absolute atomic E-state index is 0.0713. The quantitative estimate of drug-likeness (QED) is 0.775. The molecule has 3 N–H and O–H groups in total. The Bertz CT molecular complexity index is 901.